The van der Waals surface area contributed by atoms with Crippen LogP contribution in [-0.4, -0.2) is 30.3 Å². The zero-order chi connectivity index (χ0) is 12.6. The number of sulfonamides is 1. The first kappa shape index (κ1) is 13.4. The first-order chi connectivity index (χ1) is 7.18. The second-order valence-corrected chi connectivity index (χ2v) is 7.32. The van der Waals surface area contributed by atoms with Crippen molar-refractivity contribution in [1.29, 1.82) is 0 Å². The maximum Gasteiger partial charge on any atom is 0.321 e. The molecule has 5 nitrogen and oxygen atoms in total. The Labute approximate surface area is 96.3 Å². The van der Waals surface area contributed by atoms with E-state index < -0.39 is 26.8 Å². The summed E-state index contributed by atoms with van der Waals surface area (Å²) >= 11 is 0. The van der Waals surface area contributed by atoms with Crippen LogP contribution >= 0.6 is 0 Å². The van der Waals surface area contributed by atoms with Crippen LogP contribution in [0.5, 0.6) is 0 Å². The number of rotatable bonds is 6. The van der Waals surface area contributed by atoms with Gasteiger partial charge in [0.15, 0.2) is 0 Å². The van der Waals surface area contributed by atoms with Crippen molar-refractivity contribution in [3.05, 3.63) is 0 Å². The van der Waals surface area contributed by atoms with Crippen LogP contribution in [0.2, 0.25) is 0 Å². The summed E-state index contributed by atoms with van der Waals surface area (Å²) in [6, 6.07) is -1.01. The van der Waals surface area contributed by atoms with Gasteiger partial charge in [-0.2, -0.15) is 0 Å². The molecular formula is C10H19NO4S. The molecule has 0 unspecified atom stereocenters. The summed E-state index contributed by atoms with van der Waals surface area (Å²) in [5.41, 5.74) is 0. The van der Waals surface area contributed by atoms with Gasteiger partial charge in [0, 0.05) is 0 Å². The molecule has 0 radical (unpaired) electrons. The summed E-state index contributed by atoms with van der Waals surface area (Å²) in [6.45, 7) is 5.37. The summed E-state index contributed by atoms with van der Waals surface area (Å²) in [7, 11) is -3.51. The Balaban J connectivity index is 2.72. The molecule has 1 atom stereocenters. The lowest BCUT2D eigenvalue weighted by atomic mass is 10.1. The highest BCUT2D eigenvalue weighted by atomic mass is 32.2. The highest BCUT2D eigenvalue weighted by Gasteiger charge is 2.51. The lowest BCUT2D eigenvalue weighted by Gasteiger charge is -2.19. The van der Waals surface area contributed by atoms with Gasteiger partial charge in [-0.05, 0) is 32.1 Å². The molecule has 0 spiro atoms. The van der Waals surface area contributed by atoms with Crippen molar-refractivity contribution in [2.45, 2.75) is 50.8 Å². The standard InChI is InChI=1S/C10H19NO4S/c1-7(2)6-8(9(12)13)11-16(14,15)10(3)4-5-10/h7-8,11H,4-6H2,1-3H3,(H,12,13)/t8-/m1/s1. The van der Waals surface area contributed by atoms with Crippen LogP contribution in [0.25, 0.3) is 0 Å². The molecule has 0 aromatic heterocycles. The Kier molecular flexibility index (Phi) is 3.64. The van der Waals surface area contributed by atoms with Gasteiger partial charge < -0.3 is 5.11 Å². The molecule has 0 aromatic carbocycles. The van der Waals surface area contributed by atoms with E-state index in [1.807, 2.05) is 13.8 Å². The predicted molar refractivity (Wildman–Crippen MR) is 60.6 cm³/mol. The van der Waals surface area contributed by atoms with E-state index in [0.29, 0.717) is 19.3 Å². The van der Waals surface area contributed by atoms with Gasteiger partial charge in [-0.3, -0.25) is 4.79 Å². The summed E-state index contributed by atoms with van der Waals surface area (Å²) in [5.74, 6) is -0.975. The third-order valence-electron chi connectivity index (χ3n) is 2.91. The van der Waals surface area contributed by atoms with E-state index in [2.05, 4.69) is 4.72 Å². The lowest BCUT2D eigenvalue weighted by molar-refractivity contribution is -0.139. The maximum absolute atomic E-state index is 11.8. The fourth-order valence-corrected chi connectivity index (χ4v) is 2.94. The van der Waals surface area contributed by atoms with E-state index in [4.69, 9.17) is 5.11 Å². The molecule has 0 heterocycles. The molecule has 16 heavy (non-hydrogen) atoms. The van der Waals surface area contributed by atoms with Gasteiger partial charge in [-0.1, -0.05) is 13.8 Å². The normalized spacial score (nSPS) is 20.8. The lowest BCUT2D eigenvalue weighted by Crippen LogP contribution is -2.45. The quantitative estimate of drug-likeness (QED) is 0.734. The van der Waals surface area contributed by atoms with E-state index in [9.17, 15) is 13.2 Å². The van der Waals surface area contributed by atoms with Crippen molar-refractivity contribution in [3.63, 3.8) is 0 Å². The van der Waals surface area contributed by atoms with Gasteiger partial charge >= 0.3 is 5.97 Å². The molecule has 94 valence electrons. The van der Waals surface area contributed by atoms with Crippen LogP contribution in [0.4, 0.5) is 0 Å². The van der Waals surface area contributed by atoms with Crippen LogP contribution < -0.4 is 4.72 Å². The Morgan fingerprint density at radius 2 is 1.94 bits per heavy atom. The maximum atomic E-state index is 11.8. The van der Waals surface area contributed by atoms with Crippen molar-refractivity contribution in [2.24, 2.45) is 5.92 Å². The number of carbonyl (C=O) groups is 1. The van der Waals surface area contributed by atoms with E-state index in [1.165, 1.54) is 0 Å². The molecule has 0 saturated heterocycles. The second kappa shape index (κ2) is 4.33. The summed E-state index contributed by atoms with van der Waals surface area (Å²) in [4.78, 5) is 10.9. The smallest absolute Gasteiger partial charge is 0.321 e. The van der Waals surface area contributed by atoms with Crippen LogP contribution in [0.15, 0.2) is 0 Å². The Bertz CT molecular complexity index is 370. The molecule has 1 rings (SSSR count). The first-order valence-electron chi connectivity index (χ1n) is 5.42. The third kappa shape index (κ3) is 2.95. The average molecular weight is 249 g/mol. The molecule has 0 aromatic rings. The minimum Gasteiger partial charge on any atom is -0.480 e. The van der Waals surface area contributed by atoms with Crippen molar-refractivity contribution in [3.8, 4) is 0 Å². The number of carboxylic acids is 1. The molecule has 6 heteroatoms. The molecule has 2 N–H and O–H groups in total. The monoisotopic (exact) mass is 249 g/mol. The molecule has 0 amide bonds. The fourth-order valence-electron chi connectivity index (χ4n) is 1.45. The molecule has 1 aliphatic carbocycles. The van der Waals surface area contributed by atoms with Gasteiger partial charge in [0.05, 0.1) is 4.75 Å². The Morgan fingerprint density at radius 1 is 1.44 bits per heavy atom. The third-order valence-corrected chi connectivity index (χ3v) is 5.21. The Morgan fingerprint density at radius 3 is 2.25 bits per heavy atom. The van der Waals surface area contributed by atoms with Crippen LogP contribution in [-0.2, 0) is 14.8 Å². The zero-order valence-electron chi connectivity index (χ0n) is 9.86. The number of aliphatic carboxylic acids is 1. The largest absolute Gasteiger partial charge is 0.480 e. The van der Waals surface area contributed by atoms with Gasteiger partial charge in [-0.15, -0.1) is 0 Å². The van der Waals surface area contributed by atoms with Crippen LogP contribution in [0, 0.1) is 5.92 Å². The van der Waals surface area contributed by atoms with Gasteiger partial charge in [0.25, 0.3) is 0 Å². The topological polar surface area (TPSA) is 83.5 Å². The minimum absolute atomic E-state index is 0.135. The Hall–Kier alpha value is -0.620. The molecule has 1 saturated carbocycles. The molecule has 0 aliphatic heterocycles. The van der Waals surface area contributed by atoms with Gasteiger partial charge in [-0.25, -0.2) is 13.1 Å². The predicted octanol–water partition coefficient (Wildman–Crippen LogP) is 0.958. The number of nitrogens with one attached hydrogen (secondary N) is 1. The first-order valence-corrected chi connectivity index (χ1v) is 6.91. The summed E-state index contributed by atoms with van der Waals surface area (Å²) in [6.07, 6.45) is 1.53. The van der Waals surface area contributed by atoms with Crippen LogP contribution in [0.1, 0.15) is 40.0 Å². The zero-order valence-corrected chi connectivity index (χ0v) is 10.7. The van der Waals surface area contributed by atoms with Gasteiger partial charge in [0.1, 0.15) is 6.04 Å². The second-order valence-electron chi connectivity index (χ2n) is 5.09. The van der Waals surface area contributed by atoms with Gasteiger partial charge in [0.2, 0.25) is 10.0 Å². The van der Waals surface area contributed by atoms with Crippen LogP contribution in [0.3, 0.4) is 0 Å². The number of carboxylic acid groups (broad SMARTS) is 1. The van der Waals surface area contributed by atoms with Crippen molar-refractivity contribution in [2.75, 3.05) is 0 Å². The van der Waals surface area contributed by atoms with Crippen molar-refractivity contribution < 1.29 is 18.3 Å². The van der Waals surface area contributed by atoms with Crippen molar-refractivity contribution >= 4 is 16.0 Å². The molecule has 1 aliphatic rings. The average Bonchev–Trinajstić information content (AvgIpc) is 2.82. The highest BCUT2D eigenvalue weighted by Crippen LogP contribution is 2.42. The van der Waals surface area contributed by atoms with E-state index >= 15 is 0 Å². The minimum atomic E-state index is -3.51. The van der Waals surface area contributed by atoms with E-state index in [0.717, 1.165) is 0 Å². The highest BCUT2D eigenvalue weighted by molar-refractivity contribution is 7.91. The SMILES string of the molecule is CC(C)C[C@@H](NS(=O)(=O)C1(C)CC1)C(=O)O. The summed E-state index contributed by atoms with van der Waals surface area (Å²) < 4.78 is 25.2. The number of hydrogen-bond donors (Lipinski definition) is 2. The molecule has 0 bridgehead atoms. The molecule has 1 fully saturated rings. The fraction of sp³-hybridized carbons (Fsp3) is 0.900. The number of hydrogen-bond acceptors (Lipinski definition) is 3. The molecular weight excluding hydrogens is 230 g/mol. The summed E-state index contributed by atoms with van der Waals surface area (Å²) in [5, 5.41) is 8.94. The van der Waals surface area contributed by atoms with Crippen molar-refractivity contribution in [1.82, 2.24) is 4.72 Å². The van der Waals surface area contributed by atoms with E-state index in [-0.39, 0.29) is 5.92 Å². The van der Waals surface area contributed by atoms with E-state index in [1.54, 1.807) is 6.92 Å².